The van der Waals surface area contributed by atoms with Crippen molar-refractivity contribution in [1.29, 1.82) is 0 Å². The van der Waals surface area contributed by atoms with Crippen molar-refractivity contribution in [3.05, 3.63) is 66.2 Å². The molecule has 5 heteroatoms. The van der Waals surface area contributed by atoms with Crippen molar-refractivity contribution in [2.45, 2.75) is 17.1 Å². The largest absolute Gasteiger partial charge is 0.490 e. The molecule has 1 atom stereocenters. The van der Waals surface area contributed by atoms with Gasteiger partial charge in [0, 0.05) is 15.6 Å². The third-order valence-corrected chi connectivity index (χ3v) is 4.35. The van der Waals surface area contributed by atoms with Crippen LogP contribution in [-0.2, 0) is 4.79 Å². The van der Waals surface area contributed by atoms with E-state index in [4.69, 9.17) is 16.3 Å². The zero-order valence-corrected chi connectivity index (χ0v) is 14.4. The highest BCUT2D eigenvalue weighted by Gasteiger charge is 2.14. The monoisotopic (exact) mass is 347 g/mol. The maximum absolute atomic E-state index is 12.2. The SMILES string of the molecule is C=CCOc1ccc(NC(=O)[C@@H](C)Sc2ccc(Cl)cc2)cc1. The lowest BCUT2D eigenvalue weighted by molar-refractivity contribution is -0.115. The summed E-state index contributed by atoms with van der Waals surface area (Å²) in [5, 5.41) is 3.37. The summed E-state index contributed by atoms with van der Waals surface area (Å²) in [5.41, 5.74) is 0.740. The van der Waals surface area contributed by atoms with Crippen LogP contribution in [0.15, 0.2) is 66.1 Å². The molecule has 0 radical (unpaired) electrons. The third kappa shape index (κ3) is 5.66. The minimum Gasteiger partial charge on any atom is -0.490 e. The fourth-order valence-electron chi connectivity index (χ4n) is 1.80. The molecule has 23 heavy (non-hydrogen) atoms. The van der Waals surface area contributed by atoms with Crippen LogP contribution in [0.1, 0.15) is 6.92 Å². The maximum Gasteiger partial charge on any atom is 0.237 e. The number of benzene rings is 2. The molecule has 0 unspecified atom stereocenters. The molecule has 0 saturated carbocycles. The second-order valence-corrected chi connectivity index (χ2v) is 6.68. The standard InChI is InChI=1S/C18H18ClNO2S/c1-3-12-22-16-8-6-15(7-9-16)20-18(21)13(2)23-17-10-4-14(19)5-11-17/h3-11,13H,1,12H2,2H3,(H,20,21)/t13-/m1/s1. The molecule has 1 amide bonds. The van der Waals surface area contributed by atoms with E-state index in [2.05, 4.69) is 11.9 Å². The van der Waals surface area contributed by atoms with E-state index in [0.29, 0.717) is 11.6 Å². The van der Waals surface area contributed by atoms with E-state index < -0.39 is 0 Å². The van der Waals surface area contributed by atoms with Gasteiger partial charge in [-0.05, 0) is 55.5 Å². The van der Waals surface area contributed by atoms with Crippen molar-refractivity contribution in [1.82, 2.24) is 0 Å². The molecule has 0 aromatic heterocycles. The highest BCUT2D eigenvalue weighted by atomic mass is 35.5. The topological polar surface area (TPSA) is 38.3 Å². The molecule has 0 aliphatic carbocycles. The van der Waals surface area contributed by atoms with Gasteiger partial charge >= 0.3 is 0 Å². The van der Waals surface area contributed by atoms with Crippen molar-refractivity contribution in [3.8, 4) is 5.75 Å². The lowest BCUT2D eigenvalue weighted by Gasteiger charge is -2.12. The van der Waals surface area contributed by atoms with Crippen molar-refractivity contribution in [2.24, 2.45) is 0 Å². The van der Waals surface area contributed by atoms with Gasteiger partial charge in [-0.15, -0.1) is 11.8 Å². The van der Waals surface area contributed by atoms with E-state index in [9.17, 15) is 4.79 Å². The van der Waals surface area contributed by atoms with Crippen LogP contribution in [0.2, 0.25) is 5.02 Å². The van der Waals surface area contributed by atoms with E-state index in [1.54, 1.807) is 6.08 Å². The number of anilines is 1. The number of thioether (sulfide) groups is 1. The van der Waals surface area contributed by atoms with Gasteiger partial charge in [0.2, 0.25) is 5.91 Å². The average molecular weight is 348 g/mol. The maximum atomic E-state index is 12.2. The minimum atomic E-state index is -0.215. The minimum absolute atomic E-state index is 0.0512. The molecular weight excluding hydrogens is 330 g/mol. The number of hydrogen-bond acceptors (Lipinski definition) is 3. The first-order chi connectivity index (χ1) is 11.1. The molecule has 2 rings (SSSR count). The lowest BCUT2D eigenvalue weighted by atomic mass is 10.3. The summed E-state index contributed by atoms with van der Waals surface area (Å²) < 4.78 is 5.41. The van der Waals surface area contributed by atoms with E-state index in [1.165, 1.54) is 11.8 Å². The van der Waals surface area contributed by atoms with Crippen molar-refractivity contribution < 1.29 is 9.53 Å². The summed E-state index contributed by atoms with van der Waals surface area (Å²) in [6.45, 7) is 5.93. The van der Waals surface area contributed by atoms with Crippen LogP contribution in [0.25, 0.3) is 0 Å². The molecule has 2 aromatic carbocycles. The normalized spacial score (nSPS) is 11.6. The van der Waals surface area contributed by atoms with Crippen LogP contribution in [0, 0.1) is 0 Å². The zero-order chi connectivity index (χ0) is 16.7. The highest BCUT2D eigenvalue weighted by Crippen LogP contribution is 2.25. The summed E-state index contributed by atoms with van der Waals surface area (Å²) in [4.78, 5) is 13.2. The van der Waals surface area contributed by atoms with Crippen LogP contribution in [0.4, 0.5) is 5.69 Å². The number of rotatable bonds is 7. The molecule has 0 bridgehead atoms. The number of carbonyl (C=O) groups excluding carboxylic acids is 1. The fraction of sp³-hybridized carbons (Fsp3) is 0.167. The van der Waals surface area contributed by atoms with Gasteiger partial charge in [-0.3, -0.25) is 4.79 Å². The molecule has 0 heterocycles. The van der Waals surface area contributed by atoms with Gasteiger partial charge in [0.25, 0.3) is 0 Å². The number of nitrogens with one attached hydrogen (secondary N) is 1. The first-order valence-electron chi connectivity index (χ1n) is 7.15. The van der Waals surface area contributed by atoms with E-state index in [0.717, 1.165) is 16.3 Å². The van der Waals surface area contributed by atoms with Gasteiger partial charge in [0.1, 0.15) is 12.4 Å². The zero-order valence-electron chi connectivity index (χ0n) is 12.8. The van der Waals surface area contributed by atoms with Crippen LogP contribution >= 0.6 is 23.4 Å². The molecule has 1 N–H and O–H groups in total. The summed E-state index contributed by atoms with van der Waals surface area (Å²) >= 11 is 7.35. The van der Waals surface area contributed by atoms with Crippen LogP contribution in [0.5, 0.6) is 5.75 Å². The molecule has 0 spiro atoms. The van der Waals surface area contributed by atoms with Crippen LogP contribution in [-0.4, -0.2) is 17.8 Å². The first kappa shape index (κ1) is 17.4. The van der Waals surface area contributed by atoms with Crippen LogP contribution < -0.4 is 10.1 Å². The Hall–Kier alpha value is -1.91. The molecule has 0 fully saturated rings. The van der Waals surface area contributed by atoms with Crippen LogP contribution in [0.3, 0.4) is 0 Å². The van der Waals surface area contributed by atoms with E-state index in [1.807, 2.05) is 55.5 Å². The molecular formula is C18H18ClNO2S. The Morgan fingerprint density at radius 2 is 1.91 bits per heavy atom. The van der Waals surface area contributed by atoms with E-state index >= 15 is 0 Å². The average Bonchev–Trinajstić information content (AvgIpc) is 2.56. The predicted octanol–water partition coefficient (Wildman–Crippen LogP) is 5.02. The molecule has 0 aliphatic rings. The van der Waals surface area contributed by atoms with Crippen molar-refractivity contribution >= 4 is 35.0 Å². The van der Waals surface area contributed by atoms with Gasteiger partial charge in [0.15, 0.2) is 0 Å². The number of hydrogen-bond donors (Lipinski definition) is 1. The lowest BCUT2D eigenvalue weighted by Crippen LogP contribution is -2.22. The van der Waals surface area contributed by atoms with Gasteiger partial charge in [0.05, 0.1) is 5.25 Å². The molecule has 3 nitrogen and oxygen atoms in total. The molecule has 0 saturated heterocycles. The quantitative estimate of drug-likeness (QED) is 0.564. The Labute approximate surface area is 145 Å². The van der Waals surface area contributed by atoms with E-state index in [-0.39, 0.29) is 11.2 Å². The highest BCUT2D eigenvalue weighted by molar-refractivity contribution is 8.00. The summed E-state index contributed by atoms with van der Waals surface area (Å²) in [7, 11) is 0. The molecule has 120 valence electrons. The second-order valence-electron chi connectivity index (χ2n) is 4.83. The Kier molecular flexibility index (Phi) is 6.56. The van der Waals surface area contributed by atoms with Crippen molar-refractivity contribution in [3.63, 3.8) is 0 Å². The predicted molar refractivity (Wildman–Crippen MR) is 97.5 cm³/mol. The molecule has 0 aliphatic heterocycles. The third-order valence-electron chi connectivity index (χ3n) is 2.99. The van der Waals surface area contributed by atoms with Gasteiger partial charge in [-0.25, -0.2) is 0 Å². The number of ether oxygens (including phenoxy) is 1. The number of carbonyl (C=O) groups is 1. The van der Waals surface area contributed by atoms with Gasteiger partial charge in [-0.2, -0.15) is 0 Å². The van der Waals surface area contributed by atoms with Gasteiger partial charge < -0.3 is 10.1 Å². The Morgan fingerprint density at radius 1 is 1.26 bits per heavy atom. The Morgan fingerprint density at radius 3 is 2.52 bits per heavy atom. The summed E-state index contributed by atoms with van der Waals surface area (Å²) in [5.74, 6) is 0.691. The number of halogens is 1. The Bertz CT molecular complexity index is 656. The molecule has 2 aromatic rings. The smallest absolute Gasteiger partial charge is 0.237 e. The first-order valence-corrected chi connectivity index (χ1v) is 8.41. The summed E-state index contributed by atoms with van der Waals surface area (Å²) in [6.07, 6.45) is 1.69. The van der Waals surface area contributed by atoms with Gasteiger partial charge in [-0.1, -0.05) is 24.3 Å². The second kappa shape index (κ2) is 8.65. The van der Waals surface area contributed by atoms with Crippen molar-refractivity contribution in [2.75, 3.05) is 11.9 Å². The fourth-order valence-corrected chi connectivity index (χ4v) is 2.80. The number of amides is 1. The Balaban J connectivity index is 1.89. The summed E-state index contributed by atoms with van der Waals surface area (Å²) in [6, 6.07) is 14.7.